The highest BCUT2D eigenvalue weighted by Gasteiger charge is 2.29. The zero-order chi connectivity index (χ0) is 18.4. The predicted molar refractivity (Wildman–Crippen MR) is 105 cm³/mol. The van der Waals surface area contributed by atoms with Gasteiger partial charge in [0.15, 0.2) is 0 Å². The van der Waals surface area contributed by atoms with Gasteiger partial charge < -0.3 is 14.5 Å². The van der Waals surface area contributed by atoms with Crippen LogP contribution in [0.25, 0.3) is 0 Å². The summed E-state index contributed by atoms with van der Waals surface area (Å²) in [7, 11) is 3.89. The van der Waals surface area contributed by atoms with E-state index < -0.39 is 0 Å². The molecular formula is C22H34N2O2. The molecule has 2 aliphatic rings. The number of carbonyl (C=O) groups is 1. The Morgan fingerprint density at radius 3 is 2.38 bits per heavy atom. The highest BCUT2D eigenvalue weighted by molar-refractivity contribution is 5.79. The Morgan fingerprint density at radius 1 is 1.12 bits per heavy atom. The number of piperidine rings is 1. The van der Waals surface area contributed by atoms with Crippen LogP contribution in [0.2, 0.25) is 0 Å². The largest absolute Gasteiger partial charge is 0.497 e. The molecule has 1 aliphatic heterocycles. The van der Waals surface area contributed by atoms with Crippen LogP contribution >= 0.6 is 0 Å². The molecule has 1 heterocycles. The van der Waals surface area contributed by atoms with Crippen LogP contribution in [0.3, 0.4) is 0 Å². The number of methoxy groups -OCH3 is 1. The van der Waals surface area contributed by atoms with E-state index in [9.17, 15) is 4.79 Å². The summed E-state index contributed by atoms with van der Waals surface area (Å²) < 4.78 is 5.24. The number of amides is 1. The first-order valence-corrected chi connectivity index (χ1v) is 10.3. The minimum Gasteiger partial charge on any atom is -0.497 e. The lowest BCUT2D eigenvalue weighted by molar-refractivity contribution is -0.136. The SMILES string of the molecule is COc1ccc(CCN(CC2CCN(C)CC2)C(=O)C2CCCC2)cc1. The first kappa shape index (κ1) is 19.2. The predicted octanol–water partition coefficient (Wildman–Crippen LogP) is 3.60. The highest BCUT2D eigenvalue weighted by atomic mass is 16.5. The molecular weight excluding hydrogens is 324 g/mol. The van der Waals surface area contributed by atoms with Crippen molar-refractivity contribution in [1.82, 2.24) is 9.80 Å². The molecule has 0 radical (unpaired) electrons. The maximum absolute atomic E-state index is 13.1. The van der Waals surface area contributed by atoms with E-state index in [1.165, 1.54) is 31.2 Å². The summed E-state index contributed by atoms with van der Waals surface area (Å²) in [4.78, 5) is 17.7. The lowest BCUT2D eigenvalue weighted by Crippen LogP contribution is -2.42. The van der Waals surface area contributed by atoms with Crippen molar-refractivity contribution in [1.29, 1.82) is 0 Å². The van der Waals surface area contributed by atoms with Crippen LogP contribution in [-0.2, 0) is 11.2 Å². The molecule has 0 N–H and O–H groups in total. The molecule has 0 aromatic heterocycles. The third kappa shape index (κ3) is 5.23. The number of hydrogen-bond donors (Lipinski definition) is 0. The molecule has 0 atom stereocenters. The molecule has 4 nitrogen and oxygen atoms in total. The number of carbonyl (C=O) groups excluding carboxylic acids is 1. The molecule has 0 spiro atoms. The molecule has 1 aromatic carbocycles. The summed E-state index contributed by atoms with van der Waals surface area (Å²) in [6.07, 6.45) is 7.97. The number of ether oxygens (including phenoxy) is 1. The number of benzene rings is 1. The van der Waals surface area contributed by atoms with Gasteiger partial charge in [0.2, 0.25) is 5.91 Å². The van der Waals surface area contributed by atoms with E-state index in [-0.39, 0.29) is 5.92 Å². The summed E-state index contributed by atoms with van der Waals surface area (Å²) in [6.45, 7) is 4.11. The summed E-state index contributed by atoms with van der Waals surface area (Å²) in [5.41, 5.74) is 1.28. The van der Waals surface area contributed by atoms with Crippen LogP contribution < -0.4 is 4.74 Å². The van der Waals surface area contributed by atoms with E-state index in [1.54, 1.807) is 7.11 Å². The summed E-state index contributed by atoms with van der Waals surface area (Å²) >= 11 is 0. The van der Waals surface area contributed by atoms with Gasteiger partial charge in [0.05, 0.1) is 7.11 Å². The van der Waals surface area contributed by atoms with Gasteiger partial charge in [0.25, 0.3) is 0 Å². The maximum Gasteiger partial charge on any atom is 0.225 e. The van der Waals surface area contributed by atoms with Gasteiger partial charge in [-0.25, -0.2) is 0 Å². The van der Waals surface area contributed by atoms with Crippen LogP contribution in [0.5, 0.6) is 5.75 Å². The van der Waals surface area contributed by atoms with E-state index in [1.807, 2.05) is 12.1 Å². The molecule has 1 aliphatic carbocycles. The Balaban J connectivity index is 1.60. The first-order valence-electron chi connectivity index (χ1n) is 10.3. The maximum atomic E-state index is 13.1. The molecule has 26 heavy (non-hydrogen) atoms. The number of likely N-dealkylation sites (tertiary alicyclic amines) is 1. The zero-order valence-electron chi connectivity index (χ0n) is 16.5. The van der Waals surface area contributed by atoms with Crippen LogP contribution in [0.15, 0.2) is 24.3 Å². The van der Waals surface area contributed by atoms with E-state index in [0.717, 1.165) is 51.2 Å². The molecule has 2 fully saturated rings. The Hall–Kier alpha value is -1.55. The first-order chi connectivity index (χ1) is 12.7. The molecule has 4 heteroatoms. The average Bonchev–Trinajstić information content (AvgIpc) is 3.21. The molecule has 1 saturated carbocycles. The summed E-state index contributed by atoms with van der Waals surface area (Å²) in [6, 6.07) is 8.25. The van der Waals surface area contributed by atoms with Crippen molar-refractivity contribution < 1.29 is 9.53 Å². The Kier molecular flexibility index (Phi) is 6.95. The van der Waals surface area contributed by atoms with Gasteiger partial charge in [-0.05, 0) is 75.9 Å². The van der Waals surface area contributed by atoms with Gasteiger partial charge in [-0.15, -0.1) is 0 Å². The normalized spacial score (nSPS) is 19.6. The minimum atomic E-state index is 0.275. The lowest BCUT2D eigenvalue weighted by Gasteiger charge is -2.34. The molecule has 1 aromatic rings. The second kappa shape index (κ2) is 9.40. The fraction of sp³-hybridized carbons (Fsp3) is 0.682. The summed E-state index contributed by atoms with van der Waals surface area (Å²) in [5, 5.41) is 0. The summed E-state index contributed by atoms with van der Waals surface area (Å²) in [5.74, 6) is 2.23. The van der Waals surface area contributed by atoms with Crippen molar-refractivity contribution in [3.05, 3.63) is 29.8 Å². The smallest absolute Gasteiger partial charge is 0.225 e. The van der Waals surface area contributed by atoms with Crippen LogP contribution in [0.4, 0.5) is 0 Å². The Morgan fingerprint density at radius 2 is 1.77 bits per heavy atom. The standard InChI is InChI=1S/C22H34N2O2/c1-23-14-11-19(12-15-23)17-24(22(25)20-5-3-4-6-20)16-13-18-7-9-21(26-2)10-8-18/h7-10,19-20H,3-6,11-17H2,1-2H3. The quantitative estimate of drug-likeness (QED) is 0.747. The van der Waals surface area contributed by atoms with Gasteiger partial charge in [0.1, 0.15) is 5.75 Å². The van der Waals surface area contributed by atoms with E-state index in [4.69, 9.17) is 4.74 Å². The molecule has 1 amide bonds. The van der Waals surface area contributed by atoms with E-state index in [0.29, 0.717) is 11.8 Å². The second-order valence-electron chi connectivity index (χ2n) is 8.11. The van der Waals surface area contributed by atoms with Crippen molar-refractivity contribution in [2.45, 2.75) is 44.9 Å². The van der Waals surface area contributed by atoms with Gasteiger partial charge >= 0.3 is 0 Å². The Bertz CT molecular complexity index is 558. The highest BCUT2D eigenvalue weighted by Crippen LogP contribution is 2.28. The molecule has 0 bridgehead atoms. The molecule has 3 rings (SSSR count). The Labute approximate surface area is 158 Å². The molecule has 1 saturated heterocycles. The fourth-order valence-corrected chi connectivity index (χ4v) is 4.33. The molecule has 0 unspecified atom stereocenters. The van der Waals surface area contributed by atoms with E-state index in [2.05, 4.69) is 29.0 Å². The third-order valence-electron chi connectivity index (χ3n) is 6.16. The van der Waals surface area contributed by atoms with Gasteiger partial charge in [-0.1, -0.05) is 25.0 Å². The van der Waals surface area contributed by atoms with Crippen LogP contribution in [-0.4, -0.2) is 56.0 Å². The van der Waals surface area contributed by atoms with Crippen molar-refractivity contribution in [2.24, 2.45) is 11.8 Å². The monoisotopic (exact) mass is 358 g/mol. The van der Waals surface area contributed by atoms with Crippen LogP contribution in [0, 0.1) is 11.8 Å². The van der Waals surface area contributed by atoms with Crippen LogP contribution in [0.1, 0.15) is 44.1 Å². The lowest BCUT2D eigenvalue weighted by atomic mass is 9.95. The van der Waals surface area contributed by atoms with Crippen molar-refractivity contribution in [3.8, 4) is 5.75 Å². The zero-order valence-corrected chi connectivity index (χ0v) is 16.5. The number of nitrogens with zero attached hydrogens (tertiary/aromatic N) is 2. The topological polar surface area (TPSA) is 32.8 Å². The van der Waals surface area contributed by atoms with Gasteiger partial charge in [-0.2, -0.15) is 0 Å². The number of rotatable bonds is 7. The second-order valence-corrected chi connectivity index (χ2v) is 8.11. The molecule has 144 valence electrons. The van der Waals surface area contributed by atoms with Crippen molar-refractivity contribution in [2.75, 3.05) is 40.3 Å². The fourth-order valence-electron chi connectivity index (χ4n) is 4.33. The number of hydrogen-bond acceptors (Lipinski definition) is 3. The minimum absolute atomic E-state index is 0.275. The van der Waals surface area contributed by atoms with E-state index >= 15 is 0 Å². The van der Waals surface area contributed by atoms with Crippen molar-refractivity contribution >= 4 is 5.91 Å². The third-order valence-corrected chi connectivity index (χ3v) is 6.16. The average molecular weight is 359 g/mol. The van der Waals surface area contributed by atoms with Gasteiger partial charge in [0, 0.05) is 19.0 Å². The van der Waals surface area contributed by atoms with Gasteiger partial charge in [-0.3, -0.25) is 4.79 Å². The van der Waals surface area contributed by atoms with Crippen molar-refractivity contribution in [3.63, 3.8) is 0 Å².